The van der Waals surface area contributed by atoms with E-state index in [-0.39, 0.29) is 27.5 Å². The molecule has 0 amide bonds. The first kappa shape index (κ1) is 26.3. The van der Waals surface area contributed by atoms with Crippen molar-refractivity contribution in [2.45, 2.75) is 6.18 Å². The molecule has 0 bridgehead atoms. The molecule has 0 heterocycles. The van der Waals surface area contributed by atoms with E-state index in [4.69, 9.17) is 4.74 Å². The van der Waals surface area contributed by atoms with Crippen LogP contribution in [-0.2, 0) is 6.18 Å². The number of hydrogen-bond donors (Lipinski definition) is 0. The molecule has 11 heteroatoms. The number of fused-ring (bicyclic) bond motifs is 2. The lowest BCUT2D eigenvalue weighted by Crippen LogP contribution is -2.16. The molecule has 0 aliphatic heterocycles. The smallest absolute Gasteiger partial charge is 0.422 e. The molecule has 39 heavy (non-hydrogen) atoms. The fourth-order valence-corrected chi connectivity index (χ4v) is 4.70. The van der Waals surface area contributed by atoms with Crippen molar-refractivity contribution in [3.8, 4) is 28.0 Å². The van der Waals surface area contributed by atoms with Gasteiger partial charge in [0, 0.05) is 23.3 Å². The van der Waals surface area contributed by atoms with Gasteiger partial charge in [0.2, 0.25) is 0 Å². The van der Waals surface area contributed by atoms with Crippen LogP contribution in [0.1, 0.15) is 5.56 Å². The molecule has 5 aromatic carbocycles. The molecule has 0 saturated carbocycles. The maximum Gasteiger partial charge on any atom is 0.422 e. The van der Waals surface area contributed by atoms with Crippen molar-refractivity contribution in [1.82, 2.24) is 0 Å². The third-order valence-corrected chi connectivity index (χ3v) is 6.28. The molecular weight excluding hydrogens is 542 g/mol. The Kier molecular flexibility index (Phi) is 6.20. The van der Waals surface area contributed by atoms with E-state index in [0.717, 1.165) is 30.3 Å². The van der Waals surface area contributed by atoms with Crippen LogP contribution in [0.5, 0.6) is 5.75 Å². The van der Waals surface area contributed by atoms with Crippen LogP contribution in [0.25, 0.3) is 43.8 Å². The summed E-state index contributed by atoms with van der Waals surface area (Å²) in [5, 5.41) is -1.08. The summed E-state index contributed by atoms with van der Waals surface area (Å²) < 4.78 is 149. The number of alkyl halides is 3. The van der Waals surface area contributed by atoms with Crippen LogP contribution in [-0.4, -0.2) is 7.11 Å². The molecule has 0 unspecified atom stereocenters. The number of ether oxygens (including phenoxy) is 1. The lowest BCUT2D eigenvalue weighted by Gasteiger charge is -2.20. The highest BCUT2D eigenvalue weighted by molar-refractivity contribution is 6.21. The van der Waals surface area contributed by atoms with Crippen LogP contribution in [0, 0.1) is 40.7 Å². The van der Waals surface area contributed by atoms with Crippen molar-refractivity contribution in [2.24, 2.45) is 0 Å². The average molecular weight is 554 g/mol. The van der Waals surface area contributed by atoms with E-state index >= 15 is 17.6 Å². The molecule has 200 valence electrons. The first-order valence-electron chi connectivity index (χ1n) is 11.0. The summed E-state index contributed by atoms with van der Waals surface area (Å²) in [6, 6.07) is 9.39. The van der Waals surface area contributed by atoms with Gasteiger partial charge in [0.25, 0.3) is 0 Å². The van der Waals surface area contributed by atoms with Gasteiger partial charge in [-0.15, -0.1) is 0 Å². The summed E-state index contributed by atoms with van der Waals surface area (Å²) in [6.07, 6.45) is -5.78. The molecule has 5 rings (SSSR count). The molecule has 0 aliphatic carbocycles. The van der Waals surface area contributed by atoms with Crippen LogP contribution in [0.4, 0.5) is 43.9 Å². The van der Waals surface area contributed by atoms with Gasteiger partial charge in [-0.25, -0.2) is 30.7 Å². The first-order valence-corrected chi connectivity index (χ1v) is 11.0. The number of hydrogen-bond acceptors (Lipinski definition) is 1. The van der Waals surface area contributed by atoms with Gasteiger partial charge in [-0.3, -0.25) is 0 Å². The van der Waals surface area contributed by atoms with Crippen molar-refractivity contribution in [3.63, 3.8) is 0 Å². The summed E-state index contributed by atoms with van der Waals surface area (Å²) in [5.74, 6) is -13.6. The molecule has 1 nitrogen and oxygen atoms in total. The minimum absolute atomic E-state index is 0.103. The number of halogens is 10. The molecule has 0 fully saturated rings. The van der Waals surface area contributed by atoms with Gasteiger partial charge < -0.3 is 4.74 Å². The Morgan fingerprint density at radius 1 is 0.538 bits per heavy atom. The normalized spacial score (nSPS) is 12.0. The van der Waals surface area contributed by atoms with E-state index in [2.05, 4.69) is 0 Å². The topological polar surface area (TPSA) is 9.23 Å². The Morgan fingerprint density at radius 3 is 1.51 bits per heavy atom. The number of methoxy groups -OCH3 is 1. The van der Waals surface area contributed by atoms with Crippen molar-refractivity contribution >= 4 is 21.5 Å². The number of rotatable bonds is 3. The van der Waals surface area contributed by atoms with Gasteiger partial charge in [-0.2, -0.15) is 13.2 Å². The van der Waals surface area contributed by atoms with Gasteiger partial charge in [0.15, 0.2) is 23.3 Å². The molecule has 0 N–H and O–H groups in total. The van der Waals surface area contributed by atoms with Crippen LogP contribution >= 0.6 is 0 Å². The van der Waals surface area contributed by atoms with Crippen molar-refractivity contribution in [2.75, 3.05) is 7.11 Å². The van der Waals surface area contributed by atoms with Crippen LogP contribution in [0.15, 0.2) is 54.6 Å². The maximum absolute atomic E-state index is 15.2. The van der Waals surface area contributed by atoms with Crippen LogP contribution in [0.2, 0.25) is 0 Å². The number of benzene rings is 5. The summed E-state index contributed by atoms with van der Waals surface area (Å²) in [4.78, 5) is 0. The average Bonchev–Trinajstić information content (AvgIpc) is 2.87. The minimum atomic E-state index is -5.78. The van der Waals surface area contributed by atoms with E-state index in [1.807, 2.05) is 0 Å². The summed E-state index contributed by atoms with van der Waals surface area (Å²) in [5.41, 5.74) is -5.90. The standard InChI is InChI=1S/C28H12F10O/c1-39-12-9-17(30)21(18(31)10-12)19-13-4-2-3-5-14(13)20(16-8-11(29)6-7-15(16)19)22-24(32)26(34)23(28(36,37)38)27(35)25(22)33/h2-10H,1H3. The Bertz CT molecular complexity index is 1760. The summed E-state index contributed by atoms with van der Waals surface area (Å²) >= 11 is 0. The SMILES string of the molecule is COc1cc(F)c(-c2c3ccccc3c(-c3c(F)c(F)c(C(F)(F)F)c(F)c3F)c3cc(F)ccc23)c(F)c1. The predicted octanol–water partition coefficient (Wildman–Crippen LogP) is 9.33. The highest BCUT2D eigenvalue weighted by Gasteiger charge is 2.43. The third kappa shape index (κ3) is 4.03. The van der Waals surface area contributed by atoms with Crippen molar-refractivity contribution in [3.05, 3.63) is 101 Å². The van der Waals surface area contributed by atoms with E-state index in [1.54, 1.807) is 0 Å². The Balaban J connectivity index is 2.03. The van der Waals surface area contributed by atoms with E-state index in [9.17, 15) is 26.3 Å². The second-order valence-electron chi connectivity index (χ2n) is 8.46. The van der Waals surface area contributed by atoms with Gasteiger partial charge >= 0.3 is 6.18 Å². The molecule has 0 radical (unpaired) electrons. The van der Waals surface area contributed by atoms with E-state index in [0.29, 0.717) is 6.07 Å². The fraction of sp³-hybridized carbons (Fsp3) is 0.0714. The molecular formula is C28H12F10O. The zero-order valence-corrected chi connectivity index (χ0v) is 19.4. The lowest BCUT2D eigenvalue weighted by atomic mass is 9.85. The lowest BCUT2D eigenvalue weighted by molar-refractivity contribution is -0.143. The van der Waals surface area contributed by atoms with Crippen molar-refractivity contribution in [1.29, 1.82) is 0 Å². The summed E-state index contributed by atoms with van der Waals surface area (Å²) in [6.45, 7) is 0. The van der Waals surface area contributed by atoms with Crippen LogP contribution < -0.4 is 4.74 Å². The van der Waals surface area contributed by atoms with Crippen molar-refractivity contribution < 1.29 is 48.6 Å². The van der Waals surface area contributed by atoms with Gasteiger partial charge in [0.1, 0.15) is 28.8 Å². The Hall–Kier alpha value is -4.28. The fourth-order valence-electron chi connectivity index (χ4n) is 4.70. The highest BCUT2D eigenvalue weighted by Crippen LogP contribution is 2.48. The third-order valence-electron chi connectivity index (χ3n) is 6.28. The minimum Gasteiger partial charge on any atom is -0.497 e. The molecule has 0 aromatic heterocycles. The van der Waals surface area contributed by atoms with Gasteiger partial charge in [-0.1, -0.05) is 30.3 Å². The first-order chi connectivity index (χ1) is 18.4. The van der Waals surface area contributed by atoms with Crippen LogP contribution in [0.3, 0.4) is 0 Å². The molecule has 0 atom stereocenters. The molecule has 0 aliphatic rings. The zero-order valence-electron chi connectivity index (χ0n) is 19.4. The largest absolute Gasteiger partial charge is 0.497 e. The monoisotopic (exact) mass is 554 g/mol. The van der Waals surface area contributed by atoms with Gasteiger partial charge in [-0.05, 0) is 33.7 Å². The molecule has 0 saturated heterocycles. The second-order valence-corrected chi connectivity index (χ2v) is 8.46. The van der Waals surface area contributed by atoms with E-state index < -0.39 is 74.5 Å². The maximum atomic E-state index is 15.2. The molecule has 5 aromatic rings. The van der Waals surface area contributed by atoms with E-state index in [1.165, 1.54) is 25.3 Å². The highest BCUT2D eigenvalue weighted by atomic mass is 19.4. The Morgan fingerprint density at radius 2 is 1.03 bits per heavy atom. The molecule has 0 spiro atoms. The summed E-state index contributed by atoms with van der Waals surface area (Å²) in [7, 11) is 1.17. The Labute approximate surface area is 212 Å². The quantitative estimate of drug-likeness (QED) is 0.123. The zero-order chi connectivity index (χ0) is 28.4. The predicted molar refractivity (Wildman–Crippen MR) is 124 cm³/mol. The second kappa shape index (κ2) is 9.18. The van der Waals surface area contributed by atoms with Gasteiger partial charge in [0.05, 0.1) is 18.2 Å².